The average Bonchev–Trinajstić information content (AvgIpc) is 3.29. The standard InChI is InChI=1S/C23H33N4O2.Re/c1-21(29)10-11-22(2)15(12-21)4-5-16-17-6-7-19(23(17,3)9-8-18(16)22)20(28)13-27-14-24-25-26-27;/h8,15-17,19,29H,4-7,9-13H2,1-3H3;/q-1;/t15-,16-,17?,19+,21+,22-,23-;/m0./s1. The molecule has 30 heavy (non-hydrogen) atoms. The van der Waals surface area contributed by atoms with Gasteiger partial charge in [-0.1, -0.05) is 35.9 Å². The fourth-order valence-corrected chi connectivity index (χ4v) is 7.72. The van der Waals surface area contributed by atoms with E-state index in [0.29, 0.717) is 17.8 Å². The summed E-state index contributed by atoms with van der Waals surface area (Å²) in [5, 5.41) is 21.6. The number of ketones is 1. The molecule has 4 aliphatic carbocycles. The molecule has 0 spiro atoms. The van der Waals surface area contributed by atoms with Crippen molar-refractivity contribution in [2.45, 2.75) is 84.3 Å². The molecule has 4 aliphatic rings. The summed E-state index contributed by atoms with van der Waals surface area (Å²) >= 11 is 0. The molecule has 0 aliphatic heterocycles. The van der Waals surface area contributed by atoms with Gasteiger partial charge in [0.2, 0.25) is 0 Å². The maximum atomic E-state index is 13.1. The SMILES string of the molecule is C[C@@]1(O)CC[C@]2(C)C3=CC[C@@]4(C)C(CC[C@@H]4C(=O)Cn4[c-]nnn4)[C@@H]3CC[C@H]2C1.[Re]. The van der Waals surface area contributed by atoms with Gasteiger partial charge in [0.15, 0.2) is 5.78 Å². The van der Waals surface area contributed by atoms with Crippen LogP contribution < -0.4 is 0 Å². The predicted octanol–water partition coefficient (Wildman–Crippen LogP) is 3.37. The Morgan fingerprint density at radius 2 is 2.03 bits per heavy atom. The minimum atomic E-state index is -0.501. The Morgan fingerprint density at radius 3 is 2.77 bits per heavy atom. The van der Waals surface area contributed by atoms with Crippen LogP contribution in [0.4, 0.5) is 0 Å². The summed E-state index contributed by atoms with van der Waals surface area (Å²) in [5.41, 5.74) is 1.44. The van der Waals surface area contributed by atoms with E-state index in [1.807, 2.05) is 6.92 Å². The van der Waals surface area contributed by atoms with Gasteiger partial charge in [-0.2, -0.15) is 0 Å². The fourth-order valence-electron chi connectivity index (χ4n) is 7.72. The van der Waals surface area contributed by atoms with E-state index in [-0.39, 0.29) is 49.5 Å². The van der Waals surface area contributed by atoms with E-state index < -0.39 is 5.60 Å². The Labute approximate surface area is 192 Å². The summed E-state index contributed by atoms with van der Waals surface area (Å²) in [7, 11) is 0. The van der Waals surface area contributed by atoms with E-state index in [1.54, 1.807) is 5.57 Å². The average molecular weight is 584 g/mol. The quantitative estimate of drug-likeness (QED) is 0.436. The number of hydrogen-bond donors (Lipinski definition) is 1. The first kappa shape index (κ1) is 22.3. The maximum Gasteiger partial charge on any atom is 0.154 e. The zero-order valence-corrected chi connectivity index (χ0v) is 21.0. The third kappa shape index (κ3) is 3.36. The summed E-state index contributed by atoms with van der Waals surface area (Å²) in [6, 6.07) is 0. The molecule has 3 fully saturated rings. The molecule has 1 aromatic rings. The van der Waals surface area contributed by atoms with Gasteiger partial charge in [0, 0.05) is 26.3 Å². The number of Topliss-reactive ketones (excluding diaryl/α,β-unsaturated/α-hetero) is 1. The van der Waals surface area contributed by atoms with Crippen LogP contribution in [0.25, 0.3) is 0 Å². The molecule has 7 heteroatoms. The van der Waals surface area contributed by atoms with E-state index in [0.717, 1.165) is 38.5 Å². The molecule has 6 nitrogen and oxygen atoms in total. The molecule has 1 N–H and O–H groups in total. The van der Waals surface area contributed by atoms with Gasteiger partial charge < -0.3 is 14.9 Å². The number of aliphatic hydroxyl groups is 1. The van der Waals surface area contributed by atoms with E-state index in [4.69, 9.17) is 0 Å². The van der Waals surface area contributed by atoms with Gasteiger partial charge in [0.1, 0.15) is 0 Å². The normalized spacial score (nSPS) is 44.9. The van der Waals surface area contributed by atoms with Crippen molar-refractivity contribution in [3.63, 3.8) is 0 Å². The molecule has 1 aromatic heterocycles. The number of rotatable bonds is 3. The van der Waals surface area contributed by atoms with Gasteiger partial charge in [-0.05, 0) is 86.9 Å². The van der Waals surface area contributed by atoms with Gasteiger partial charge in [0.25, 0.3) is 0 Å². The Morgan fingerprint density at radius 1 is 1.23 bits per heavy atom. The topological polar surface area (TPSA) is 80.9 Å². The third-order valence-electron chi connectivity index (χ3n) is 9.36. The van der Waals surface area contributed by atoms with Crippen LogP contribution in [0.1, 0.15) is 72.1 Å². The molecular weight excluding hydrogens is 550 g/mol. The molecule has 1 unspecified atom stereocenters. The summed E-state index contributed by atoms with van der Waals surface area (Å²) in [6.45, 7) is 7.05. The first-order chi connectivity index (χ1) is 13.7. The van der Waals surface area contributed by atoms with Crippen LogP contribution in [-0.4, -0.2) is 36.7 Å². The van der Waals surface area contributed by atoms with Crippen molar-refractivity contribution in [1.29, 1.82) is 0 Å². The van der Waals surface area contributed by atoms with Crippen molar-refractivity contribution < 1.29 is 30.3 Å². The number of tetrazole rings is 1. The molecule has 3 saturated carbocycles. The monoisotopic (exact) mass is 584 g/mol. The van der Waals surface area contributed by atoms with Crippen molar-refractivity contribution in [1.82, 2.24) is 20.2 Å². The molecule has 165 valence electrons. The second-order valence-electron chi connectivity index (χ2n) is 11.0. The van der Waals surface area contributed by atoms with Crippen LogP contribution in [-0.2, 0) is 31.8 Å². The molecule has 0 bridgehead atoms. The largest absolute Gasteiger partial charge is 0.401 e. The summed E-state index contributed by atoms with van der Waals surface area (Å²) in [6.07, 6.45) is 13.6. The zero-order chi connectivity index (χ0) is 20.4. The Hall–Kier alpha value is -0.898. The molecule has 7 atom stereocenters. The van der Waals surface area contributed by atoms with Gasteiger partial charge in [-0.25, -0.2) is 6.33 Å². The number of carbonyl (C=O) groups is 1. The molecule has 1 radical (unpaired) electrons. The van der Waals surface area contributed by atoms with E-state index in [9.17, 15) is 9.90 Å². The zero-order valence-electron chi connectivity index (χ0n) is 18.3. The van der Waals surface area contributed by atoms with Gasteiger partial charge in [-0.3, -0.25) is 4.79 Å². The molecular formula is C23H33N4O2Re-. The van der Waals surface area contributed by atoms with Crippen LogP contribution in [0.3, 0.4) is 0 Å². The van der Waals surface area contributed by atoms with Crippen LogP contribution in [0.15, 0.2) is 11.6 Å². The van der Waals surface area contributed by atoms with E-state index >= 15 is 0 Å². The van der Waals surface area contributed by atoms with Crippen molar-refractivity contribution >= 4 is 5.78 Å². The summed E-state index contributed by atoms with van der Waals surface area (Å²) in [5.74, 6) is 2.13. The molecule has 1 heterocycles. The second-order valence-corrected chi connectivity index (χ2v) is 11.0. The second kappa shape index (κ2) is 7.60. The van der Waals surface area contributed by atoms with Crippen molar-refractivity contribution in [2.75, 3.05) is 0 Å². The van der Waals surface area contributed by atoms with E-state index in [1.165, 1.54) is 17.5 Å². The first-order valence-corrected chi connectivity index (χ1v) is 11.3. The van der Waals surface area contributed by atoms with Crippen LogP contribution in [0, 0.1) is 40.8 Å². The predicted molar refractivity (Wildman–Crippen MR) is 107 cm³/mol. The summed E-state index contributed by atoms with van der Waals surface area (Å²) in [4.78, 5) is 13.1. The summed E-state index contributed by atoms with van der Waals surface area (Å²) < 4.78 is 1.43. The number of carbonyl (C=O) groups excluding carboxylic acids is 1. The van der Waals surface area contributed by atoms with Crippen LogP contribution >= 0.6 is 0 Å². The number of allylic oxidation sites excluding steroid dienone is 2. The smallest absolute Gasteiger partial charge is 0.154 e. The first-order valence-electron chi connectivity index (χ1n) is 11.3. The van der Waals surface area contributed by atoms with Gasteiger partial charge in [0.05, 0.1) is 12.1 Å². The molecule has 0 aromatic carbocycles. The molecule has 5 rings (SSSR count). The van der Waals surface area contributed by atoms with Crippen LogP contribution in [0.2, 0.25) is 0 Å². The Kier molecular flexibility index (Phi) is 5.65. The number of aromatic nitrogens is 4. The maximum absolute atomic E-state index is 13.1. The Balaban J connectivity index is 0.00000218. The minimum absolute atomic E-state index is 0. The number of hydrogen-bond acceptors (Lipinski definition) is 5. The third-order valence-corrected chi connectivity index (χ3v) is 9.36. The van der Waals surface area contributed by atoms with Gasteiger partial charge >= 0.3 is 0 Å². The van der Waals surface area contributed by atoms with E-state index in [2.05, 4.69) is 41.8 Å². The van der Waals surface area contributed by atoms with Crippen molar-refractivity contribution in [3.8, 4) is 0 Å². The fraction of sp³-hybridized carbons (Fsp3) is 0.826. The number of nitrogens with zero attached hydrogens (tertiary/aromatic N) is 4. The number of fused-ring (bicyclic) bond motifs is 5. The minimum Gasteiger partial charge on any atom is -0.401 e. The van der Waals surface area contributed by atoms with Crippen molar-refractivity contribution in [3.05, 3.63) is 18.0 Å². The molecule has 0 saturated heterocycles. The van der Waals surface area contributed by atoms with Crippen molar-refractivity contribution in [2.24, 2.45) is 34.5 Å². The Bertz CT molecular complexity index is 838. The van der Waals surface area contributed by atoms with Crippen LogP contribution in [0.5, 0.6) is 0 Å². The van der Waals surface area contributed by atoms with Gasteiger partial charge in [-0.15, -0.1) is 0 Å². The molecule has 0 amide bonds.